The molecule has 0 aliphatic heterocycles. The normalized spacial score (nSPS) is 12.1. The zero-order valence-corrected chi connectivity index (χ0v) is 8.47. The number of nitrogens with two attached hydrogens (primary N) is 1. The highest BCUT2D eigenvalue weighted by Gasteiger charge is 2.02. The molecule has 0 aromatic heterocycles. The van der Waals surface area contributed by atoms with Crippen molar-refractivity contribution >= 4 is 17.3 Å². The maximum Gasteiger partial charge on any atom is 0.163 e. The van der Waals surface area contributed by atoms with E-state index in [0.29, 0.717) is 11.2 Å². The van der Waals surface area contributed by atoms with Crippen molar-refractivity contribution in [3.8, 4) is 0 Å². The molecule has 0 amide bonds. The molecule has 0 heterocycles. The van der Waals surface area contributed by atoms with Crippen LogP contribution in [-0.4, -0.2) is 11.2 Å². The van der Waals surface area contributed by atoms with Gasteiger partial charge in [-0.25, -0.2) is 0 Å². The minimum atomic E-state index is 0.292. The monoisotopic (exact) mass is 194 g/mol. The summed E-state index contributed by atoms with van der Waals surface area (Å²) in [4.78, 5) is 0. The van der Waals surface area contributed by atoms with Crippen molar-refractivity contribution in [2.45, 2.75) is 19.4 Å². The summed E-state index contributed by atoms with van der Waals surface area (Å²) in [5, 5.41) is 3.36. The first kappa shape index (κ1) is 9.99. The lowest BCUT2D eigenvalue weighted by atomic mass is 10.1. The molecule has 0 spiro atoms. The lowest BCUT2D eigenvalue weighted by Crippen LogP contribution is -2.37. The Morgan fingerprint density at radius 3 is 2.62 bits per heavy atom. The lowest BCUT2D eigenvalue weighted by molar-refractivity contribution is 0.662. The van der Waals surface area contributed by atoms with Crippen LogP contribution in [0.2, 0.25) is 0 Å². The van der Waals surface area contributed by atoms with Gasteiger partial charge in [0.25, 0.3) is 0 Å². The Labute approximate surface area is 84.1 Å². The number of rotatable bonds is 3. The molecule has 0 radical (unpaired) electrons. The molecule has 3 heteroatoms. The largest absolute Gasteiger partial charge is 0.376 e. The van der Waals surface area contributed by atoms with E-state index in [-0.39, 0.29) is 0 Å². The van der Waals surface area contributed by atoms with Crippen LogP contribution in [0.1, 0.15) is 12.5 Å². The van der Waals surface area contributed by atoms with Crippen molar-refractivity contribution in [2.75, 3.05) is 0 Å². The number of thiocarbonyl (C=S) groups is 1. The van der Waals surface area contributed by atoms with E-state index >= 15 is 0 Å². The van der Waals surface area contributed by atoms with E-state index in [9.17, 15) is 0 Å². The Morgan fingerprint density at radius 1 is 1.46 bits per heavy atom. The number of nitrogens with one attached hydrogen (secondary N) is 1. The van der Waals surface area contributed by atoms with Gasteiger partial charge in [-0.1, -0.05) is 30.3 Å². The smallest absolute Gasteiger partial charge is 0.163 e. The zero-order chi connectivity index (χ0) is 9.68. The molecule has 3 N–H and O–H groups in total. The van der Waals surface area contributed by atoms with Gasteiger partial charge in [0.15, 0.2) is 5.11 Å². The maximum absolute atomic E-state index is 5.37. The van der Waals surface area contributed by atoms with E-state index in [1.54, 1.807) is 0 Å². The van der Waals surface area contributed by atoms with Gasteiger partial charge in [-0.2, -0.15) is 0 Å². The van der Waals surface area contributed by atoms with Crippen LogP contribution in [0.25, 0.3) is 0 Å². The van der Waals surface area contributed by atoms with Crippen molar-refractivity contribution in [2.24, 2.45) is 5.73 Å². The van der Waals surface area contributed by atoms with Gasteiger partial charge in [0, 0.05) is 6.04 Å². The minimum Gasteiger partial charge on any atom is -0.376 e. The first-order chi connectivity index (χ1) is 6.18. The standard InChI is InChI=1S/C10H14N2S/c1-8(12-10(11)13)7-9-5-3-2-4-6-9/h2-6,8H,7H2,1H3,(H3,11,12,13). The number of hydrogen-bond acceptors (Lipinski definition) is 1. The van der Waals surface area contributed by atoms with Crippen LogP contribution in [0.4, 0.5) is 0 Å². The minimum absolute atomic E-state index is 0.292. The summed E-state index contributed by atoms with van der Waals surface area (Å²) in [6.07, 6.45) is 0.943. The van der Waals surface area contributed by atoms with Crippen LogP contribution in [0.5, 0.6) is 0 Å². The Bertz CT molecular complexity index is 272. The topological polar surface area (TPSA) is 38.0 Å². The highest BCUT2D eigenvalue weighted by atomic mass is 32.1. The molecular formula is C10H14N2S. The van der Waals surface area contributed by atoms with E-state index in [4.69, 9.17) is 18.0 Å². The third kappa shape index (κ3) is 3.90. The zero-order valence-electron chi connectivity index (χ0n) is 7.66. The summed E-state index contributed by atoms with van der Waals surface area (Å²) in [6, 6.07) is 10.6. The van der Waals surface area contributed by atoms with Gasteiger partial charge < -0.3 is 11.1 Å². The van der Waals surface area contributed by atoms with E-state index in [1.807, 2.05) is 18.2 Å². The second-order valence-electron chi connectivity index (χ2n) is 3.10. The van der Waals surface area contributed by atoms with Gasteiger partial charge in [-0.3, -0.25) is 0 Å². The van der Waals surface area contributed by atoms with Crippen LogP contribution in [-0.2, 0) is 6.42 Å². The molecule has 70 valence electrons. The first-order valence-electron chi connectivity index (χ1n) is 4.28. The molecule has 0 saturated heterocycles. The molecule has 1 unspecified atom stereocenters. The third-order valence-corrected chi connectivity index (χ3v) is 1.89. The Hall–Kier alpha value is -1.09. The molecule has 0 bridgehead atoms. The Morgan fingerprint density at radius 2 is 2.08 bits per heavy atom. The van der Waals surface area contributed by atoms with Gasteiger partial charge in [-0.05, 0) is 31.1 Å². The van der Waals surface area contributed by atoms with E-state index in [0.717, 1.165) is 6.42 Å². The van der Waals surface area contributed by atoms with Gasteiger partial charge in [0.2, 0.25) is 0 Å². The number of benzene rings is 1. The quantitative estimate of drug-likeness (QED) is 0.715. The summed E-state index contributed by atoms with van der Waals surface area (Å²) in [5.41, 5.74) is 6.66. The molecule has 13 heavy (non-hydrogen) atoms. The van der Waals surface area contributed by atoms with E-state index in [1.165, 1.54) is 5.56 Å². The fourth-order valence-electron chi connectivity index (χ4n) is 1.26. The van der Waals surface area contributed by atoms with Gasteiger partial charge in [-0.15, -0.1) is 0 Å². The van der Waals surface area contributed by atoms with Crippen molar-refractivity contribution < 1.29 is 0 Å². The average Bonchev–Trinajstić information content (AvgIpc) is 2.04. The molecule has 1 rings (SSSR count). The van der Waals surface area contributed by atoms with Gasteiger partial charge in [0.1, 0.15) is 0 Å². The molecule has 2 nitrogen and oxygen atoms in total. The van der Waals surface area contributed by atoms with E-state index < -0.39 is 0 Å². The molecule has 0 fully saturated rings. The number of hydrogen-bond donors (Lipinski definition) is 2. The molecular weight excluding hydrogens is 180 g/mol. The summed E-state index contributed by atoms with van der Waals surface area (Å²) in [5.74, 6) is 0. The maximum atomic E-state index is 5.37. The van der Waals surface area contributed by atoms with Crippen molar-refractivity contribution in [3.05, 3.63) is 35.9 Å². The first-order valence-corrected chi connectivity index (χ1v) is 4.69. The molecule has 0 saturated carbocycles. The van der Waals surface area contributed by atoms with Crippen LogP contribution < -0.4 is 11.1 Å². The highest BCUT2D eigenvalue weighted by Crippen LogP contribution is 2.02. The molecule has 1 aromatic carbocycles. The Kier molecular flexibility index (Phi) is 3.71. The fourth-order valence-corrected chi connectivity index (χ4v) is 1.46. The lowest BCUT2D eigenvalue weighted by Gasteiger charge is -2.13. The van der Waals surface area contributed by atoms with Crippen LogP contribution >= 0.6 is 12.2 Å². The van der Waals surface area contributed by atoms with Crippen molar-refractivity contribution in [1.29, 1.82) is 0 Å². The second kappa shape index (κ2) is 4.82. The average molecular weight is 194 g/mol. The summed E-state index contributed by atoms with van der Waals surface area (Å²) in [6.45, 7) is 2.06. The van der Waals surface area contributed by atoms with Gasteiger partial charge in [0.05, 0.1) is 0 Å². The highest BCUT2D eigenvalue weighted by molar-refractivity contribution is 7.80. The van der Waals surface area contributed by atoms with Gasteiger partial charge >= 0.3 is 0 Å². The molecule has 0 aliphatic carbocycles. The summed E-state index contributed by atoms with van der Waals surface area (Å²) >= 11 is 4.75. The third-order valence-electron chi connectivity index (χ3n) is 1.77. The Balaban J connectivity index is 2.45. The predicted octanol–water partition coefficient (Wildman–Crippen LogP) is 1.45. The van der Waals surface area contributed by atoms with Crippen LogP contribution in [0.15, 0.2) is 30.3 Å². The molecule has 1 atom stereocenters. The fraction of sp³-hybridized carbons (Fsp3) is 0.300. The van der Waals surface area contributed by atoms with Crippen molar-refractivity contribution in [3.63, 3.8) is 0 Å². The summed E-state index contributed by atoms with van der Waals surface area (Å²) < 4.78 is 0. The summed E-state index contributed by atoms with van der Waals surface area (Å²) in [7, 11) is 0. The SMILES string of the molecule is CC(Cc1ccccc1)NC(N)=S. The van der Waals surface area contributed by atoms with Crippen LogP contribution in [0, 0.1) is 0 Å². The van der Waals surface area contributed by atoms with E-state index in [2.05, 4.69) is 24.4 Å². The van der Waals surface area contributed by atoms with Crippen LogP contribution in [0.3, 0.4) is 0 Å². The second-order valence-corrected chi connectivity index (χ2v) is 3.54. The molecule has 1 aromatic rings. The predicted molar refractivity (Wildman–Crippen MR) is 59.5 cm³/mol. The molecule has 0 aliphatic rings. The van der Waals surface area contributed by atoms with Crippen molar-refractivity contribution in [1.82, 2.24) is 5.32 Å².